The summed E-state index contributed by atoms with van der Waals surface area (Å²) in [6.07, 6.45) is 0. The minimum atomic E-state index is -0.900. The molecular formula is C16H12F2N2O4. The SMILES string of the molecule is Cc1cc(-c2nnc(COC(=O)c3cc(F)cc(F)c3)o2)c(C)o1. The number of furan rings is 1. The summed E-state index contributed by atoms with van der Waals surface area (Å²) in [5.41, 5.74) is 0.401. The van der Waals surface area contributed by atoms with Crippen LogP contribution in [0, 0.1) is 25.5 Å². The fourth-order valence-electron chi connectivity index (χ4n) is 2.15. The van der Waals surface area contributed by atoms with Gasteiger partial charge in [0, 0.05) is 6.07 Å². The van der Waals surface area contributed by atoms with E-state index in [2.05, 4.69) is 10.2 Å². The van der Waals surface area contributed by atoms with Gasteiger partial charge in [-0.3, -0.25) is 0 Å². The molecule has 24 heavy (non-hydrogen) atoms. The van der Waals surface area contributed by atoms with Crippen molar-refractivity contribution in [1.29, 1.82) is 0 Å². The first kappa shape index (κ1) is 15.9. The molecule has 3 rings (SSSR count). The van der Waals surface area contributed by atoms with Gasteiger partial charge < -0.3 is 13.6 Å². The van der Waals surface area contributed by atoms with Crippen molar-refractivity contribution in [2.24, 2.45) is 0 Å². The van der Waals surface area contributed by atoms with Crippen LogP contribution < -0.4 is 0 Å². The number of hydrogen-bond donors (Lipinski definition) is 0. The van der Waals surface area contributed by atoms with Crippen LogP contribution in [0.2, 0.25) is 0 Å². The maximum absolute atomic E-state index is 13.1. The largest absolute Gasteiger partial charge is 0.466 e. The number of benzene rings is 1. The van der Waals surface area contributed by atoms with E-state index in [1.807, 2.05) is 0 Å². The molecule has 1 aromatic carbocycles. The van der Waals surface area contributed by atoms with Crippen LogP contribution in [0.4, 0.5) is 8.78 Å². The van der Waals surface area contributed by atoms with Crippen LogP contribution >= 0.6 is 0 Å². The zero-order valence-corrected chi connectivity index (χ0v) is 12.8. The molecule has 0 saturated carbocycles. The average Bonchev–Trinajstić information content (AvgIpc) is 3.09. The highest BCUT2D eigenvalue weighted by Gasteiger charge is 2.16. The van der Waals surface area contributed by atoms with Crippen molar-refractivity contribution in [1.82, 2.24) is 10.2 Å². The molecule has 0 amide bonds. The highest BCUT2D eigenvalue weighted by Crippen LogP contribution is 2.25. The van der Waals surface area contributed by atoms with Crippen molar-refractivity contribution >= 4 is 5.97 Å². The lowest BCUT2D eigenvalue weighted by molar-refractivity contribution is 0.0437. The number of aryl methyl sites for hydroxylation is 2. The van der Waals surface area contributed by atoms with Gasteiger partial charge in [0.25, 0.3) is 11.8 Å². The third-order valence-electron chi connectivity index (χ3n) is 3.16. The van der Waals surface area contributed by atoms with E-state index >= 15 is 0 Å². The molecule has 8 heteroatoms. The Kier molecular flexibility index (Phi) is 4.11. The quantitative estimate of drug-likeness (QED) is 0.679. The predicted molar refractivity (Wildman–Crippen MR) is 77.0 cm³/mol. The molecule has 2 aromatic heterocycles. The molecule has 6 nitrogen and oxygen atoms in total. The van der Waals surface area contributed by atoms with E-state index in [1.54, 1.807) is 19.9 Å². The number of hydrogen-bond acceptors (Lipinski definition) is 6. The van der Waals surface area contributed by atoms with Crippen molar-refractivity contribution in [3.8, 4) is 11.5 Å². The summed E-state index contributed by atoms with van der Waals surface area (Å²) in [7, 11) is 0. The van der Waals surface area contributed by atoms with Crippen LogP contribution in [0.3, 0.4) is 0 Å². The molecule has 124 valence electrons. The number of halogens is 2. The van der Waals surface area contributed by atoms with Gasteiger partial charge in [-0.2, -0.15) is 0 Å². The summed E-state index contributed by atoms with van der Waals surface area (Å²) in [6, 6.07) is 4.16. The van der Waals surface area contributed by atoms with Gasteiger partial charge in [0.05, 0.1) is 11.1 Å². The van der Waals surface area contributed by atoms with E-state index in [0.29, 0.717) is 23.2 Å². The van der Waals surface area contributed by atoms with E-state index in [-0.39, 0.29) is 24.0 Å². The summed E-state index contributed by atoms with van der Waals surface area (Å²) in [5.74, 6) is -1.04. The number of aromatic nitrogens is 2. The zero-order valence-electron chi connectivity index (χ0n) is 12.8. The Labute approximate surface area is 135 Å². The second-order valence-electron chi connectivity index (χ2n) is 5.06. The lowest BCUT2D eigenvalue weighted by Crippen LogP contribution is -2.06. The molecule has 0 aliphatic rings. The van der Waals surface area contributed by atoms with Gasteiger partial charge in [0.1, 0.15) is 23.2 Å². The number of carbonyl (C=O) groups excluding carboxylic acids is 1. The van der Waals surface area contributed by atoms with Crippen LogP contribution in [0.15, 0.2) is 33.1 Å². The minimum absolute atomic E-state index is 0.0495. The number of nitrogens with zero attached hydrogens (tertiary/aromatic N) is 2. The Balaban J connectivity index is 1.69. The van der Waals surface area contributed by atoms with Gasteiger partial charge in [-0.15, -0.1) is 10.2 Å². The maximum Gasteiger partial charge on any atom is 0.338 e. The van der Waals surface area contributed by atoms with Crippen LogP contribution in [-0.2, 0) is 11.3 Å². The van der Waals surface area contributed by atoms with Gasteiger partial charge in [-0.05, 0) is 32.0 Å². The molecule has 0 unspecified atom stereocenters. The van der Waals surface area contributed by atoms with Gasteiger partial charge in [0.2, 0.25) is 0 Å². The van der Waals surface area contributed by atoms with Gasteiger partial charge in [-0.1, -0.05) is 0 Å². The highest BCUT2D eigenvalue weighted by molar-refractivity contribution is 5.89. The zero-order chi connectivity index (χ0) is 17.3. The van der Waals surface area contributed by atoms with Gasteiger partial charge >= 0.3 is 5.97 Å². The molecule has 0 atom stereocenters. The Morgan fingerprint density at radius 2 is 1.79 bits per heavy atom. The molecule has 0 spiro atoms. The summed E-state index contributed by atoms with van der Waals surface area (Å²) in [5, 5.41) is 7.61. The summed E-state index contributed by atoms with van der Waals surface area (Å²) in [6.45, 7) is 3.22. The highest BCUT2D eigenvalue weighted by atomic mass is 19.1. The lowest BCUT2D eigenvalue weighted by Gasteiger charge is -2.02. The second kappa shape index (κ2) is 6.23. The third kappa shape index (κ3) is 3.32. The Morgan fingerprint density at radius 3 is 2.42 bits per heavy atom. The Morgan fingerprint density at radius 1 is 1.08 bits per heavy atom. The van der Waals surface area contributed by atoms with E-state index in [4.69, 9.17) is 13.6 Å². The molecule has 0 radical (unpaired) electrons. The maximum atomic E-state index is 13.1. The van der Waals surface area contributed by atoms with Crippen LogP contribution in [0.5, 0.6) is 0 Å². The number of carbonyl (C=O) groups is 1. The van der Waals surface area contributed by atoms with E-state index in [9.17, 15) is 13.6 Å². The first-order valence-electron chi connectivity index (χ1n) is 6.95. The average molecular weight is 334 g/mol. The minimum Gasteiger partial charge on any atom is -0.466 e. The number of ether oxygens (including phenoxy) is 1. The molecular weight excluding hydrogens is 322 g/mol. The normalized spacial score (nSPS) is 10.8. The smallest absolute Gasteiger partial charge is 0.338 e. The molecule has 0 aliphatic carbocycles. The molecule has 0 bridgehead atoms. The summed E-state index contributed by atoms with van der Waals surface area (Å²) < 4.78 is 41.8. The first-order valence-corrected chi connectivity index (χ1v) is 6.95. The van der Waals surface area contributed by atoms with Crippen molar-refractivity contribution in [3.63, 3.8) is 0 Å². The van der Waals surface area contributed by atoms with Gasteiger partial charge in [0.15, 0.2) is 6.61 Å². The second-order valence-corrected chi connectivity index (χ2v) is 5.06. The standard InChI is InChI=1S/C16H12F2N2O4/c1-8-3-13(9(2)23-8)15-20-19-14(24-15)7-22-16(21)10-4-11(17)6-12(18)5-10/h3-6H,7H2,1-2H3. The van der Waals surface area contributed by atoms with Crippen LogP contribution in [0.1, 0.15) is 27.8 Å². The fraction of sp³-hybridized carbons (Fsp3) is 0.188. The fourth-order valence-corrected chi connectivity index (χ4v) is 2.15. The molecule has 2 heterocycles. The molecule has 0 N–H and O–H groups in total. The molecule has 0 fully saturated rings. The van der Waals surface area contributed by atoms with Crippen LogP contribution in [0.25, 0.3) is 11.5 Å². The summed E-state index contributed by atoms with van der Waals surface area (Å²) in [4.78, 5) is 11.8. The number of esters is 1. The van der Waals surface area contributed by atoms with Crippen molar-refractivity contribution < 1.29 is 27.1 Å². The predicted octanol–water partition coefficient (Wildman–Crippen LogP) is 3.58. The van der Waals surface area contributed by atoms with E-state index in [1.165, 1.54) is 0 Å². The van der Waals surface area contributed by atoms with Crippen molar-refractivity contribution in [2.75, 3.05) is 0 Å². The molecule has 0 aliphatic heterocycles. The lowest BCUT2D eigenvalue weighted by atomic mass is 10.2. The van der Waals surface area contributed by atoms with Gasteiger partial charge in [-0.25, -0.2) is 13.6 Å². The van der Waals surface area contributed by atoms with E-state index in [0.717, 1.165) is 12.1 Å². The third-order valence-corrected chi connectivity index (χ3v) is 3.16. The van der Waals surface area contributed by atoms with Crippen molar-refractivity contribution in [2.45, 2.75) is 20.5 Å². The Hall–Kier alpha value is -3.03. The Bertz CT molecular complexity index is 881. The summed E-state index contributed by atoms with van der Waals surface area (Å²) >= 11 is 0. The van der Waals surface area contributed by atoms with Crippen molar-refractivity contribution in [3.05, 3.63) is 58.9 Å². The monoisotopic (exact) mass is 334 g/mol. The molecule has 3 aromatic rings. The molecule has 0 saturated heterocycles. The van der Waals surface area contributed by atoms with Crippen LogP contribution in [-0.4, -0.2) is 16.2 Å². The van der Waals surface area contributed by atoms with E-state index < -0.39 is 17.6 Å². The number of rotatable bonds is 4. The topological polar surface area (TPSA) is 78.4 Å². The first-order chi connectivity index (χ1) is 11.4.